The van der Waals surface area contributed by atoms with Gasteiger partial charge in [-0.15, -0.1) is 0 Å². The van der Waals surface area contributed by atoms with Gasteiger partial charge < -0.3 is 16.2 Å². The molecule has 0 atom stereocenters. The van der Waals surface area contributed by atoms with E-state index in [1.165, 1.54) is 24.4 Å². The lowest BCUT2D eigenvalue weighted by molar-refractivity contribution is -0.385. The molecule has 1 amide bonds. The molecule has 2 rings (SSSR count). The van der Waals surface area contributed by atoms with Crippen molar-refractivity contribution >= 4 is 17.3 Å². The topological polar surface area (TPSA) is 134 Å². The van der Waals surface area contributed by atoms with Crippen LogP contribution in [0.4, 0.5) is 11.4 Å². The SMILES string of the molecule is Cc1cnc(Oc2ccc(C(N)=O)cc2[N+](=O)[O-])cc1N. The molecule has 0 aliphatic rings. The molecule has 8 nitrogen and oxygen atoms in total. The fraction of sp³-hybridized carbons (Fsp3) is 0.0769. The average molecular weight is 288 g/mol. The summed E-state index contributed by atoms with van der Waals surface area (Å²) >= 11 is 0. The normalized spacial score (nSPS) is 10.1. The van der Waals surface area contributed by atoms with E-state index >= 15 is 0 Å². The highest BCUT2D eigenvalue weighted by Crippen LogP contribution is 2.32. The van der Waals surface area contributed by atoms with Crippen LogP contribution < -0.4 is 16.2 Å². The molecule has 1 aromatic carbocycles. The number of carbonyl (C=O) groups is 1. The van der Waals surface area contributed by atoms with E-state index in [9.17, 15) is 14.9 Å². The number of aryl methyl sites for hydroxylation is 1. The van der Waals surface area contributed by atoms with Gasteiger partial charge in [-0.1, -0.05) is 0 Å². The number of benzene rings is 1. The van der Waals surface area contributed by atoms with Gasteiger partial charge in [-0.2, -0.15) is 0 Å². The predicted molar refractivity (Wildman–Crippen MR) is 75.1 cm³/mol. The summed E-state index contributed by atoms with van der Waals surface area (Å²) in [6.45, 7) is 1.77. The third-order valence-corrected chi connectivity index (χ3v) is 2.77. The number of carbonyl (C=O) groups excluding carboxylic acids is 1. The summed E-state index contributed by atoms with van der Waals surface area (Å²) in [5.41, 5.74) is 11.7. The van der Waals surface area contributed by atoms with Crippen LogP contribution in [0.5, 0.6) is 11.6 Å². The number of hydrogen-bond donors (Lipinski definition) is 2. The van der Waals surface area contributed by atoms with Crippen LogP contribution in [-0.4, -0.2) is 15.8 Å². The standard InChI is InChI=1S/C13H12N4O4/c1-7-6-16-12(5-9(7)14)21-11-3-2-8(13(15)18)4-10(11)17(19)20/h2-6H,1H3,(H2,14,16)(H2,15,18). The molecular formula is C13H12N4O4. The average Bonchev–Trinajstić information content (AvgIpc) is 2.43. The molecular weight excluding hydrogens is 276 g/mol. The molecule has 0 unspecified atom stereocenters. The van der Waals surface area contributed by atoms with Crippen molar-refractivity contribution in [3.63, 3.8) is 0 Å². The second-order valence-electron chi connectivity index (χ2n) is 4.29. The molecule has 1 aromatic heterocycles. The zero-order chi connectivity index (χ0) is 15.6. The van der Waals surface area contributed by atoms with Crippen LogP contribution in [-0.2, 0) is 0 Å². The van der Waals surface area contributed by atoms with Crippen molar-refractivity contribution in [3.05, 3.63) is 51.7 Å². The number of primary amides is 1. The number of nitro groups is 1. The van der Waals surface area contributed by atoms with Crippen LogP contribution in [0.25, 0.3) is 0 Å². The Bertz CT molecular complexity index is 730. The van der Waals surface area contributed by atoms with Crippen LogP contribution in [0.1, 0.15) is 15.9 Å². The first-order valence-electron chi connectivity index (χ1n) is 5.86. The van der Waals surface area contributed by atoms with E-state index in [0.717, 1.165) is 11.6 Å². The maximum absolute atomic E-state index is 11.1. The molecule has 0 fully saturated rings. The predicted octanol–water partition coefficient (Wildman–Crippen LogP) is 1.77. The summed E-state index contributed by atoms with van der Waals surface area (Å²) in [5.74, 6) is -0.698. The number of ether oxygens (including phenoxy) is 1. The Morgan fingerprint density at radius 2 is 2.10 bits per heavy atom. The molecule has 0 aliphatic carbocycles. The van der Waals surface area contributed by atoms with E-state index in [4.69, 9.17) is 16.2 Å². The molecule has 108 valence electrons. The largest absolute Gasteiger partial charge is 0.432 e. The number of nitrogens with zero attached hydrogens (tertiary/aromatic N) is 2. The van der Waals surface area contributed by atoms with Gasteiger partial charge in [0.25, 0.3) is 0 Å². The highest BCUT2D eigenvalue weighted by Gasteiger charge is 2.19. The van der Waals surface area contributed by atoms with Crippen LogP contribution in [0.2, 0.25) is 0 Å². The fourth-order valence-electron chi connectivity index (χ4n) is 1.59. The Kier molecular flexibility index (Phi) is 3.70. The highest BCUT2D eigenvalue weighted by atomic mass is 16.6. The number of hydrogen-bond acceptors (Lipinski definition) is 6. The van der Waals surface area contributed by atoms with E-state index in [-0.39, 0.29) is 22.9 Å². The number of rotatable bonds is 4. The molecule has 2 aromatic rings. The van der Waals surface area contributed by atoms with Gasteiger partial charge in [0.1, 0.15) is 0 Å². The number of aromatic nitrogens is 1. The van der Waals surface area contributed by atoms with E-state index in [1.54, 1.807) is 6.92 Å². The summed E-state index contributed by atoms with van der Waals surface area (Å²) in [6, 6.07) is 5.13. The Hall–Kier alpha value is -3.16. The van der Waals surface area contributed by atoms with Gasteiger partial charge in [0, 0.05) is 29.6 Å². The molecule has 0 bridgehead atoms. The highest BCUT2D eigenvalue weighted by molar-refractivity contribution is 5.93. The molecule has 0 spiro atoms. The van der Waals surface area contributed by atoms with Gasteiger partial charge in [0.2, 0.25) is 17.5 Å². The first-order chi connectivity index (χ1) is 9.88. The van der Waals surface area contributed by atoms with Gasteiger partial charge >= 0.3 is 5.69 Å². The number of pyridine rings is 1. The summed E-state index contributed by atoms with van der Waals surface area (Å²) in [6.07, 6.45) is 1.49. The first kappa shape index (κ1) is 14.3. The van der Waals surface area contributed by atoms with E-state index in [1.807, 2.05) is 0 Å². The maximum atomic E-state index is 11.1. The maximum Gasteiger partial charge on any atom is 0.312 e. The minimum Gasteiger partial charge on any atom is -0.432 e. The van der Waals surface area contributed by atoms with Gasteiger partial charge in [-0.05, 0) is 24.6 Å². The molecule has 1 heterocycles. The Labute approximate surface area is 119 Å². The number of nitrogen functional groups attached to an aromatic ring is 1. The number of nitro benzene ring substituents is 1. The molecule has 0 radical (unpaired) electrons. The Morgan fingerprint density at radius 1 is 1.38 bits per heavy atom. The van der Waals surface area contributed by atoms with Gasteiger partial charge in [-0.25, -0.2) is 4.98 Å². The lowest BCUT2D eigenvalue weighted by atomic mass is 10.2. The Balaban J connectivity index is 2.41. The third-order valence-electron chi connectivity index (χ3n) is 2.77. The van der Waals surface area contributed by atoms with Crippen LogP contribution >= 0.6 is 0 Å². The van der Waals surface area contributed by atoms with Crippen molar-refractivity contribution in [2.45, 2.75) is 6.92 Å². The van der Waals surface area contributed by atoms with Gasteiger partial charge in [0.15, 0.2) is 0 Å². The summed E-state index contributed by atoms with van der Waals surface area (Å²) < 4.78 is 5.36. The fourth-order valence-corrected chi connectivity index (χ4v) is 1.59. The second-order valence-corrected chi connectivity index (χ2v) is 4.29. The number of nitrogens with two attached hydrogens (primary N) is 2. The first-order valence-corrected chi connectivity index (χ1v) is 5.86. The van der Waals surface area contributed by atoms with Crippen LogP contribution in [0.15, 0.2) is 30.5 Å². The van der Waals surface area contributed by atoms with Crippen molar-refractivity contribution < 1.29 is 14.5 Å². The summed E-state index contributed by atoms with van der Waals surface area (Å²) in [4.78, 5) is 25.4. The third kappa shape index (κ3) is 3.06. The molecule has 0 saturated heterocycles. The molecule has 4 N–H and O–H groups in total. The zero-order valence-electron chi connectivity index (χ0n) is 11.1. The molecule has 8 heteroatoms. The monoisotopic (exact) mass is 288 g/mol. The lowest BCUT2D eigenvalue weighted by Crippen LogP contribution is -2.11. The lowest BCUT2D eigenvalue weighted by Gasteiger charge is -2.07. The summed E-state index contributed by atoms with van der Waals surface area (Å²) in [5, 5.41) is 11.0. The van der Waals surface area contributed by atoms with Crippen molar-refractivity contribution in [3.8, 4) is 11.6 Å². The molecule has 0 saturated carbocycles. The van der Waals surface area contributed by atoms with E-state index in [2.05, 4.69) is 4.98 Å². The molecule has 21 heavy (non-hydrogen) atoms. The van der Waals surface area contributed by atoms with Crippen molar-refractivity contribution in [2.75, 3.05) is 5.73 Å². The quantitative estimate of drug-likeness (QED) is 0.650. The summed E-state index contributed by atoms with van der Waals surface area (Å²) in [7, 11) is 0. The minimum absolute atomic E-state index is 0.0189. The Morgan fingerprint density at radius 3 is 2.67 bits per heavy atom. The number of anilines is 1. The smallest absolute Gasteiger partial charge is 0.312 e. The molecule has 0 aliphatic heterocycles. The van der Waals surface area contributed by atoms with Crippen molar-refractivity contribution in [1.82, 2.24) is 4.98 Å². The van der Waals surface area contributed by atoms with E-state index in [0.29, 0.717) is 5.69 Å². The zero-order valence-corrected chi connectivity index (χ0v) is 11.1. The van der Waals surface area contributed by atoms with Gasteiger partial charge in [0.05, 0.1) is 4.92 Å². The minimum atomic E-state index is -0.762. The van der Waals surface area contributed by atoms with Gasteiger partial charge in [-0.3, -0.25) is 14.9 Å². The second kappa shape index (κ2) is 5.45. The number of amides is 1. The van der Waals surface area contributed by atoms with Crippen molar-refractivity contribution in [1.29, 1.82) is 0 Å². The van der Waals surface area contributed by atoms with Crippen LogP contribution in [0, 0.1) is 17.0 Å². The van der Waals surface area contributed by atoms with E-state index < -0.39 is 10.8 Å². The van der Waals surface area contributed by atoms with Crippen LogP contribution in [0.3, 0.4) is 0 Å². The van der Waals surface area contributed by atoms with Crippen molar-refractivity contribution in [2.24, 2.45) is 5.73 Å².